The third-order valence-corrected chi connectivity index (χ3v) is 2.37. The highest BCUT2D eigenvalue weighted by Gasteiger charge is 2.27. The first-order valence-electron chi connectivity index (χ1n) is 5.28. The molecular weight excluding hydrogens is 224 g/mol. The van der Waals surface area contributed by atoms with Crippen LogP contribution in [-0.4, -0.2) is 21.3 Å². The highest BCUT2D eigenvalue weighted by Crippen LogP contribution is 2.20. The Kier molecular flexibility index (Phi) is 3.22. The highest BCUT2D eigenvalue weighted by molar-refractivity contribution is 5.74. The van der Waals surface area contributed by atoms with Crippen LogP contribution in [0.1, 0.15) is 30.4 Å². The second kappa shape index (κ2) is 4.82. The third-order valence-electron chi connectivity index (χ3n) is 2.37. The molecule has 0 bridgehead atoms. The molecule has 0 aliphatic carbocycles. The van der Waals surface area contributed by atoms with Gasteiger partial charge in [-0.15, -0.1) is 10.2 Å². The SMILES string of the molecule is CCc1nnc(C(Cc2ccco2)C(=O)O)o1. The molecule has 6 heteroatoms. The summed E-state index contributed by atoms with van der Waals surface area (Å²) in [4.78, 5) is 11.2. The van der Waals surface area contributed by atoms with Gasteiger partial charge in [0.2, 0.25) is 11.8 Å². The summed E-state index contributed by atoms with van der Waals surface area (Å²) < 4.78 is 10.4. The van der Waals surface area contributed by atoms with Crippen LogP contribution in [0.5, 0.6) is 0 Å². The molecule has 1 atom stereocenters. The van der Waals surface area contributed by atoms with E-state index in [0.717, 1.165) is 0 Å². The molecule has 2 aromatic heterocycles. The average Bonchev–Trinajstić information content (AvgIpc) is 2.96. The molecule has 90 valence electrons. The van der Waals surface area contributed by atoms with Gasteiger partial charge in [-0.3, -0.25) is 4.79 Å². The van der Waals surface area contributed by atoms with Gasteiger partial charge in [0.1, 0.15) is 11.7 Å². The molecule has 6 nitrogen and oxygen atoms in total. The smallest absolute Gasteiger partial charge is 0.316 e. The first-order chi connectivity index (χ1) is 8.20. The second-order valence-electron chi connectivity index (χ2n) is 3.56. The van der Waals surface area contributed by atoms with E-state index in [9.17, 15) is 4.79 Å². The second-order valence-corrected chi connectivity index (χ2v) is 3.56. The van der Waals surface area contributed by atoms with E-state index in [-0.39, 0.29) is 12.3 Å². The molecule has 2 rings (SSSR count). The molecule has 0 fully saturated rings. The maximum atomic E-state index is 11.2. The Bertz CT molecular complexity index is 489. The lowest BCUT2D eigenvalue weighted by molar-refractivity contribution is -0.139. The van der Waals surface area contributed by atoms with Crippen molar-refractivity contribution in [2.75, 3.05) is 0 Å². The summed E-state index contributed by atoms with van der Waals surface area (Å²) in [6.45, 7) is 1.86. The lowest BCUT2D eigenvalue weighted by Gasteiger charge is -2.05. The van der Waals surface area contributed by atoms with Crippen LogP contribution in [0.4, 0.5) is 0 Å². The predicted molar refractivity (Wildman–Crippen MR) is 56.5 cm³/mol. The third kappa shape index (κ3) is 2.52. The fraction of sp³-hybridized carbons (Fsp3) is 0.364. The Balaban J connectivity index is 2.20. The molecule has 1 N–H and O–H groups in total. The van der Waals surface area contributed by atoms with Crippen LogP contribution >= 0.6 is 0 Å². The van der Waals surface area contributed by atoms with E-state index < -0.39 is 11.9 Å². The Labute approximate surface area is 97.3 Å². The Morgan fingerprint density at radius 2 is 2.35 bits per heavy atom. The van der Waals surface area contributed by atoms with Crippen molar-refractivity contribution in [2.45, 2.75) is 25.7 Å². The van der Waals surface area contributed by atoms with Crippen LogP contribution in [-0.2, 0) is 17.6 Å². The summed E-state index contributed by atoms with van der Waals surface area (Å²) >= 11 is 0. The molecule has 2 heterocycles. The van der Waals surface area contributed by atoms with Crippen LogP contribution in [0.2, 0.25) is 0 Å². The minimum Gasteiger partial charge on any atom is -0.481 e. The number of aromatic nitrogens is 2. The first kappa shape index (κ1) is 11.4. The Morgan fingerprint density at radius 3 is 2.88 bits per heavy atom. The van der Waals surface area contributed by atoms with Crippen LogP contribution in [0.25, 0.3) is 0 Å². The standard InChI is InChI=1S/C11H12N2O4/c1-2-9-12-13-10(17-9)8(11(14)15)6-7-4-3-5-16-7/h3-5,8H,2,6H2,1H3,(H,14,15). The summed E-state index contributed by atoms with van der Waals surface area (Å²) in [5.74, 6) is -0.744. The number of hydrogen-bond donors (Lipinski definition) is 1. The summed E-state index contributed by atoms with van der Waals surface area (Å²) in [6, 6.07) is 3.42. The molecule has 1 unspecified atom stereocenters. The Hall–Kier alpha value is -2.11. The first-order valence-corrected chi connectivity index (χ1v) is 5.28. The summed E-state index contributed by atoms with van der Waals surface area (Å²) in [5, 5.41) is 16.6. The summed E-state index contributed by atoms with van der Waals surface area (Å²) in [7, 11) is 0. The van der Waals surface area contributed by atoms with E-state index in [2.05, 4.69) is 10.2 Å². The van der Waals surface area contributed by atoms with Crippen LogP contribution in [0.15, 0.2) is 27.2 Å². The molecular formula is C11H12N2O4. The zero-order chi connectivity index (χ0) is 12.3. The number of carboxylic acids is 1. The number of aryl methyl sites for hydroxylation is 1. The van der Waals surface area contributed by atoms with Gasteiger partial charge in [0.05, 0.1) is 6.26 Å². The highest BCUT2D eigenvalue weighted by atomic mass is 16.4. The van der Waals surface area contributed by atoms with Crippen LogP contribution in [0.3, 0.4) is 0 Å². The van der Waals surface area contributed by atoms with Gasteiger partial charge in [-0.25, -0.2) is 0 Å². The fourth-order valence-corrected chi connectivity index (χ4v) is 1.46. The van der Waals surface area contributed by atoms with Crippen LogP contribution < -0.4 is 0 Å². The van der Waals surface area contributed by atoms with Crippen molar-refractivity contribution >= 4 is 5.97 Å². The number of aliphatic carboxylic acids is 1. The zero-order valence-corrected chi connectivity index (χ0v) is 9.29. The van der Waals surface area contributed by atoms with Gasteiger partial charge in [0, 0.05) is 12.8 Å². The van der Waals surface area contributed by atoms with Crippen molar-refractivity contribution in [3.05, 3.63) is 35.9 Å². The molecule has 0 spiro atoms. The lowest BCUT2D eigenvalue weighted by atomic mass is 10.0. The summed E-state index contributed by atoms with van der Waals surface area (Å²) in [6.07, 6.45) is 2.29. The monoisotopic (exact) mass is 236 g/mol. The van der Waals surface area contributed by atoms with Crippen molar-refractivity contribution in [2.24, 2.45) is 0 Å². The largest absolute Gasteiger partial charge is 0.481 e. The van der Waals surface area contributed by atoms with E-state index in [1.807, 2.05) is 6.92 Å². The number of nitrogens with zero attached hydrogens (tertiary/aromatic N) is 2. The molecule has 0 amide bonds. The predicted octanol–water partition coefficient (Wildman–Crippen LogP) is 1.64. The van der Waals surface area contributed by atoms with Gasteiger partial charge in [0.15, 0.2) is 0 Å². The summed E-state index contributed by atoms with van der Waals surface area (Å²) in [5.41, 5.74) is 0. The van der Waals surface area contributed by atoms with Crippen molar-refractivity contribution in [3.8, 4) is 0 Å². The van der Waals surface area contributed by atoms with Crippen molar-refractivity contribution in [3.63, 3.8) is 0 Å². The van der Waals surface area contributed by atoms with E-state index in [1.165, 1.54) is 6.26 Å². The van der Waals surface area contributed by atoms with Crippen LogP contribution in [0, 0.1) is 0 Å². The number of rotatable bonds is 5. The maximum Gasteiger partial charge on any atom is 0.316 e. The number of carbonyl (C=O) groups is 1. The molecule has 17 heavy (non-hydrogen) atoms. The minimum absolute atomic E-state index is 0.116. The van der Waals surface area contributed by atoms with E-state index in [4.69, 9.17) is 13.9 Å². The molecule has 2 aromatic rings. The molecule has 0 aromatic carbocycles. The van der Waals surface area contributed by atoms with Crippen molar-refractivity contribution in [1.82, 2.24) is 10.2 Å². The van der Waals surface area contributed by atoms with Crippen molar-refractivity contribution < 1.29 is 18.7 Å². The van der Waals surface area contributed by atoms with Gasteiger partial charge >= 0.3 is 5.97 Å². The number of furan rings is 1. The molecule has 0 aliphatic rings. The fourth-order valence-electron chi connectivity index (χ4n) is 1.46. The zero-order valence-electron chi connectivity index (χ0n) is 9.29. The van der Waals surface area contributed by atoms with Gasteiger partial charge in [-0.1, -0.05) is 6.92 Å². The normalized spacial score (nSPS) is 12.5. The quantitative estimate of drug-likeness (QED) is 0.848. The van der Waals surface area contributed by atoms with E-state index in [0.29, 0.717) is 18.1 Å². The van der Waals surface area contributed by atoms with E-state index >= 15 is 0 Å². The van der Waals surface area contributed by atoms with Crippen molar-refractivity contribution in [1.29, 1.82) is 0 Å². The maximum absolute atomic E-state index is 11.2. The topological polar surface area (TPSA) is 89.4 Å². The van der Waals surface area contributed by atoms with Gasteiger partial charge < -0.3 is 13.9 Å². The van der Waals surface area contributed by atoms with Gasteiger partial charge in [-0.2, -0.15) is 0 Å². The molecule has 0 aliphatic heterocycles. The van der Waals surface area contributed by atoms with Gasteiger partial charge in [-0.05, 0) is 12.1 Å². The van der Waals surface area contributed by atoms with E-state index in [1.54, 1.807) is 12.1 Å². The molecule has 0 radical (unpaired) electrons. The number of carboxylic acid groups (broad SMARTS) is 1. The average molecular weight is 236 g/mol. The number of hydrogen-bond acceptors (Lipinski definition) is 5. The van der Waals surface area contributed by atoms with Gasteiger partial charge in [0.25, 0.3) is 0 Å². The molecule has 0 saturated carbocycles. The lowest BCUT2D eigenvalue weighted by Crippen LogP contribution is -2.14. The molecule has 0 saturated heterocycles. The minimum atomic E-state index is -1.01. The Morgan fingerprint density at radius 1 is 1.53 bits per heavy atom.